The van der Waals surface area contributed by atoms with Gasteiger partial charge in [0.25, 0.3) is 0 Å². The van der Waals surface area contributed by atoms with Gasteiger partial charge in [0, 0.05) is 12.0 Å². The number of ketones is 1. The fraction of sp³-hybridized carbons (Fsp3) is 0.250. The van der Waals surface area contributed by atoms with Gasteiger partial charge < -0.3 is 0 Å². The Hall–Kier alpha value is -2.15. The molecule has 0 unspecified atom stereocenters. The summed E-state index contributed by atoms with van der Waals surface area (Å²) in [5, 5.41) is 0. The third kappa shape index (κ3) is 5.39. The van der Waals surface area contributed by atoms with Crippen LogP contribution in [0.1, 0.15) is 35.7 Å². The van der Waals surface area contributed by atoms with Crippen LogP contribution < -0.4 is 0 Å². The minimum Gasteiger partial charge on any atom is -0.294 e. The zero-order chi connectivity index (χ0) is 14.9. The number of Topliss-reactive ketones (excluding diaryl/α,β-unsaturated/α-hetero) is 1. The first-order valence-corrected chi connectivity index (χ1v) is 7.54. The number of aryl methyl sites for hydroxylation is 1. The van der Waals surface area contributed by atoms with Crippen molar-refractivity contribution in [2.45, 2.75) is 26.2 Å². The predicted molar refractivity (Wildman–Crippen MR) is 88.5 cm³/mol. The van der Waals surface area contributed by atoms with Gasteiger partial charge in [-0.2, -0.15) is 0 Å². The van der Waals surface area contributed by atoms with Crippen LogP contribution >= 0.6 is 0 Å². The van der Waals surface area contributed by atoms with Crippen LogP contribution in [-0.4, -0.2) is 5.78 Å². The van der Waals surface area contributed by atoms with Gasteiger partial charge >= 0.3 is 0 Å². The Morgan fingerprint density at radius 2 is 1.62 bits per heavy atom. The molecule has 0 amide bonds. The number of benzene rings is 2. The maximum absolute atomic E-state index is 12.1. The van der Waals surface area contributed by atoms with Gasteiger partial charge in [0.05, 0.1) is 0 Å². The van der Waals surface area contributed by atoms with E-state index in [1.807, 2.05) is 36.4 Å². The first-order chi connectivity index (χ1) is 10.3. The fourth-order valence-corrected chi connectivity index (χ4v) is 2.33. The van der Waals surface area contributed by atoms with Crippen LogP contribution in [0.3, 0.4) is 0 Å². The van der Waals surface area contributed by atoms with E-state index in [1.54, 1.807) is 0 Å². The third-order valence-electron chi connectivity index (χ3n) is 3.51. The second-order valence-electron chi connectivity index (χ2n) is 5.42. The summed E-state index contributed by atoms with van der Waals surface area (Å²) in [5.74, 6) is 0.504. The molecule has 0 radical (unpaired) electrons. The Labute approximate surface area is 127 Å². The summed E-state index contributed by atoms with van der Waals surface area (Å²) >= 11 is 0. The van der Waals surface area contributed by atoms with Crippen molar-refractivity contribution in [3.63, 3.8) is 0 Å². The second kappa shape index (κ2) is 8.21. The van der Waals surface area contributed by atoms with E-state index in [2.05, 4.69) is 43.3 Å². The van der Waals surface area contributed by atoms with Crippen LogP contribution in [-0.2, 0) is 6.42 Å². The number of hydrogen-bond donors (Lipinski definition) is 0. The average molecular weight is 278 g/mol. The molecule has 0 heterocycles. The molecule has 0 saturated carbocycles. The van der Waals surface area contributed by atoms with Crippen molar-refractivity contribution >= 4 is 5.78 Å². The summed E-state index contributed by atoms with van der Waals surface area (Å²) in [7, 11) is 0. The normalized spacial score (nSPS) is 12.4. The quantitative estimate of drug-likeness (QED) is 0.509. The van der Waals surface area contributed by atoms with Crippen molar-refractivity contribution in [3.05, 3.63) is 83.9 Å². The van der Waals surface area contributed by atoms with Crippen molar-refractivity contribution in [3.8, 4) is 0 Å². The standard InChI is InChI=1S/C20H22O/c1-17(16-20(21)19-14-6-3-7-15-19)10-8-9-13-18-11-4-2-5-12-18/h2-8,10-12,14-15,17H,9,13,16H2,1H3/b10-8+/t17-/m1/s1. The van der Waals surface area contributed by atoms with Gasteiger partial charge in [-0.25, -0.2) is 0 Å². The molecule has 0 bridgehead atoms. The van der Waals surface area contributed by atoms with Crippen LogP contribution in [0.2, 0.25) is 0 Å². The van der Waals surface area contributed by atoms with Gasteiger partial charge in [-0.3, -0.25) is 4.79 Å². The van der Waals surface area contributed by atoms with Gasteiger partial charge in [0.15, 0.2) is 5.78 Å². The molecule has 1 nitrogen and oxygen atoms in total. The molecule has 0 aliphatic heterocycles. The average Bonchev–Trinajstić information content (AvgIpc) is 2.53. The summed E-state index contributed by atoms with van der Waals surface area (Å²) in [6.07, 6.45) is 7.00. The number of carbonyl (C=O) groups is 1. The fourth-order valence-electron chi connectivity index (χ4n) is 2.33. The highest BCUT2D eigenvalue weighted by atomic mass is 16.1. The van der Waals surface area contributed by atoms with E-state index < -0.39 is 0 Å². The molecule has 0 aliphatic rings. The smallest absolute Gasteiger partial charge is 0.163 e. The van der Waals surface area contributed by atoms with Gasteiger partial charge in [0.2, 0.25) is 0 Å². The summed E-state index contributed by atoms with van der Waals surface area (Å²) in [5.41, 5.74) is 2.16. The maximum atomic E-state index is 12.1. The number of hydrogen-bond acceptors (Lipinski definition) is 1. The highest BCUT2D eigenvalue weighted by Gasteiger charge is 2.08. The summed E-state index contributed by atoms with van der Waals surface area (Å²) in [6.45, 7) is 2.10. The lowest BCUT2D eigenvalue weighted by molar-refractivity contribution is 0.0972. The topological polar surface area (TPSA) is 17.1 Å². The first kappa shape index (κ1) is 15.2. The largest absolute Gasteiger partial charge is 0.294 e. The molecule has 2 rings (SSSR count). The molecule has 1 heteroatoms. The molecule has 108 valence electrons. The minimum atomic E-state index is 0.218. The Bertz CT molecular complexity index is 569. The lowest BCUT2D eigenvalue weighted by atomic mass is 9.99. The Morgan fingerprint density at radius 3 is 2.29 bits per heavy atom. The summed E-state index contributed by atoms with van der Waals surface area (Å²) in [4.78, 5) is 12.1. The molecular formula is C20H22O. The number of rotatable bonds is 7. The highest BCUT2D eigenvalue weighted by Crippen LogP contribution is 2.12. The minimum absolute atomic E-state index is 0.218. The van der Waals surface area contributed by atoms with Crippen molar-refractivity contribution in [1.82, 2.24) is 0 Å². The molecule has 0 spiro atoms. The summed E-state index contributed by atoms with van der Waals surface area (Å²) < 4.78 is 0. The molecule has 21 heavy (non-hydrogen) atoms. The van der Waals surface area contributed by atoms with Gasteiger partial charge in [-0.05, 0) is 24.3 Å². The first-order valence-electron chi connectivity index (χ1n) is 7.54. The van der Waals surface area contributed by atoms with E-state index in [4.69, 9.17) is 0 Å². The number of allylic oxidation sites excluding steroid dienone is 2. The number of carbonyl (C=O) groups excluding carboxylic acids is 1. The van der Waals surface area contributed by atoms with Crippen LogP contribution in [0.4, 0.5) is 0 Å². The Kier molecular flexibility index (Phi) is 5.96. The van der Waals surface area contributed by atoms with Crippen molar-refractivity contribution in [2.75, 3.05) is 0 Å². The van der Waals surface area contributed by atoms with Crippen LogP contribution in [0.15, 0.2) is 72.8 Å². The molecular weight excluding hydrogens is 256 g/mol. The van der Waals surface area contributed by atoms with E-state index in [-0.39, 0.29) is 11.7 Å². The van der Waals surface area contributed by atoms with Gasteiger partial charge in [-0.1, -0.05) is 79.7 Å². The van der Waals surface area contributed by atoms with E-state index in [0.717, 1.165) is 18.4 Å². The Morgan fingerprint density at radius 1 is 1.00 bits per heavy atom. The highest BCUT2D eigenvalue weighted by molar-refractivity contribution is 5.96. The van der Waals surface area contributed by atoms with Gasteiger partial charge in [-0.15, -0.1) is 0 Å². The second-order valence-corrected chi connectivity index (χ2v) is 5.42. The molecule has 0 N–H and O–H groups in total. The molecule has 2 aromatic carbocycles. The molecule has 0 aromatic heterocycles. The van der Waals surface area contributed by atoms with Crippen LogP contribution in [0.25, 0.3) is 0 Å². The van der Waals surface area contributed by atoms with E-state index in [0.29, 0.717) is 6.42 Å². The lowest BCUT2D eigenvalue weighted by Crippen LogP contribution is -2.04. The van der Waals surface area contributed by atoms with E-state index in [9.17, 15) is 4.79 Å². The molecule has 0 saturated heterocycles. The van der Waals surface area contributed by atoms with Gasteiger partial charge in [0.1, 0.15) is 0 Å². The van der Waals surface area contributed by atoms with Crippen molar-refractivity contribution in [1.29, 1.82) is 0 Å². The monoisotopic (exact) mass is 278 g/mol. The zero-order valence-electron chi connectivity index (χ0n) is 12.5. The maximum Gasteiger partial charge on any atom is 0.163 e. The van der Waals surface area contributed by atoms with Crippen molar-refractivity contribution in [2.24, 2.45) is 5.92 Å². The van der Waals surface area contributed by atoms with E-state index >= 15 is 0 Å². The van der Waals surface area contributed by atoms with Crippen molar-refractivity contribution < 1.29 is 4.79 Å². The Balaban J connectivity index is 1.75. The molecule has 0 fully saturated rings. The van der Waals surface area contributed by atoms with Crippen LogP contribution in [0.5, 0.6) is 0 Å². The molecule has 2 aromatic rings. The molecule has 1 atom stereocenters. The van der Waals surface area contributed by atoms with Crippen LogP contribution in [0, 0.1) is 5.92 Å². The lowest BCUT2D eigenvalue weighted by Gasteiger charge is -2.05. The predicted octanol–water partition coefficient (Wildman–Crippen LogP) is 5.08. The SMILES string of the molecule is C[C@H](/C=C/CCc1ccccc1)CC(=O)c1ccccc1. The summed E-state index contributed by atoms with van der Waals surface area (Å²) in [6, 6.07) is 20.0. The van der Waals surface area contributed by atoms with E-state index in [1.165, 1.54) is 5.56 Å². The zero-order valence-corrected chi connectivity index (χ0v) is 12.5. The molecule has 0 aliphatic carbocycles. The third-order valence-corrected chi connectivity index (χ3v) is 3.51.